The Morgan fingerprint density at radius 1 is 1.24 bits per heavy atom. The molecule has 25 heavy (non-hydrogen) atoms. The zero-order valence-corrected chi connectivity index (χ0v) is 14.4. The van der Waals surface area contributed by atoms with Crippen LogP contribution in [0.15, 0.2) is 35.4 Å². The van der Waals surface area contributed by atoms with Gasteiger partial charge in [-0.25, -0.2) is 9.97 Å². The van der Waals surface area contributed by atoms with Gasteiger partial charge in [0.15, 0.2) is 5.65 Å². The zero-order valence-electron chi connectivity index (χ0n) is 14.4. The molecule has 4 rings (SSSR count). The molecular weight excluding hydrogens is 318 g/mol. The number of aromatic amines is 1. The third-order valence-electron chi connectivity index (χ3n) is 4.32. The number of rotatable bonds is 4. The van der Waals surface area contributed by atoms with Gasteiger partial charge in [0.05, 0.1) is 24.1 Å². The van der Waals surface area contributed by atoms with Gasteiger partial charge in [0.1, 0.15) is 16.9 Å². The van der Waals surface area contributed by atoms with Gasteiger partial charge in [-0.3, -0.25) is 14.4 Å². The van der Waals surface area contributed by atoms with E-state index in [4.69, 9.17) is 0 Å². The molecule has 0 aliphatic heterocycles. The smallest absolute Gasteiger partial charge is 0.262 e. The maximum absolute atomic E-state index is 12.2. The van der Waals surface area contributed by atoms with E-state index in [1.54, 1.807) is 11.7 Å². The fourth-order valence-electron chi connectivity index (χ4n) is 3.07. The molecule has 0 radical (unpaired) electrons. The van der Waals surface area contributed by atoms with E-state index in [9.17, 15) is 4.79 Å². The van der Waals surface area contributed by atoms with Crippen molar-refractivity contribution in [1.29, 1.82) is 0 Å². The normalized spacial score (nSPS) is 11.8. The van der Waals surface area contributed by atoms with Gasteiger partial charge in [-0.05, 0) is 26.1 Å². The van der Waals surface area contributed by atoms with Gasteiger partial charge in [0, 0.05) is 19.8 Å². The van der Waals surface area contributed by atoms with E-state index in [2.05, 4.69) is 29.4 Å². The molecule has 0 aromatic carbocycles. The van der Waals surface area contributed by atoms with E-state index in [0.29, 0.717) is 29.9 Å². The molecular formula is C17H19N7O. The summed E-state index contributed by atoms with van der Waals surface area (Å²) in [5.74, 6) is 0.620. The van der Waals surface area contributed by atoms with Crippen LogP contribution < -0.4 is 5.56 Å². The molecule has 1 N–H and O–H groups in total. The highest BCUT2D eigenvalue weighted by atomic mass is 16.1. The van der Waals surface area contributed by atoms with E-state index >= 15 is 0 Å². The monoisotopic (exact) mass is 337 g/mol. The van der Waals surface area contributed by atoms with Crippen LogP contribution in [-0.2, 0) is 20.1 Å². The summed E-state index contributed by atoms with van der Waals surface area (Å²) in [6.45, 7) is 3.23. The van der Waals surface area contributed by atoms with Crippen LogP contribution >= 0.6 is 0 Å². The first-order valence-corrected chi connectivity index (χ1v) is 8.05. The number of nitrogens with one attached hydrogen (secondary N) is 1. The van der Waals surface area contributed by atoms with Crippen molar-refractivity contribution in [2.24, 2.45) is 7.05 Å². The lowest BCUT2D eigenvalue weighted by Gasteiger charge is -2.16. The second kappa shape index (κ2) is 5.82. The van der Waals surface area contributed by atoms with Crippen LogP contribution in [0.25, 0.3) is 16.7 Å². The summed E-state index contributed by atoms with van der Waals surface area (Å²) in [5.41, 5.74) is 3.50. The van der Waals surface area contributed by atoms with Crippen LogP contribution in [0.2, 0.25) is 0 Å². The lowest BCUT2D eigenvalue weighted by molar-refractivity contribution is 0.305. The van der Waals surface area contributed by atoms with Gasteiger partial charge in [0.2, 0.25) is 0 Å². The zero-order chi connectivity index (χ0) is 17.6. The SMILES string of the molecule is Cc1nc2ccccn2c1CN(C)Cc1nc2c(cnn2C)c(=O)[nH]1. The molecule has 4 aromatic rings. The third kappa shape index (κ3) is 2.70. The highest BCUT2D eigenvalue weighted by Crippen LogP contribution is 2.14. The average molecular weight is 337 g/mol. The number of nitrogens with zero attached hydrogens (tertiary/aromatic N) is 6. The van der Waals surface area contributed by atoms with E-state index < -0.39 is 0 Å². The maximum Gasteiger partial charge on any atom is 0.262 e. The van der Waals surface area contributed by atoms with E-state index in [0.717, 1.165) is 17.0 Å². The minimum Gasteiger partial charge on any atom is -0.309 e. The molecule has 0 saturated carbocycles. The lowest BCUT2D eigenvalue weighted by Crippen LogP contribution is -2.23. The quantitative estimate of drug-likeness (QED) is 0.606. The van der Waals surface area contributed by atoms with Crippen LogP contribution in [0.4, 0.5) is 0 Å². The molecule has 0 bridgehead atoms. The number of H-pyrrole nitrogens is 1. The standard InChI is InChI=1S/C17H19N7O/c1-11-13(24-7-5-4-6-15(24)19-11)9-22(2)10-14-20-16-12(17(25)21-14)8-18-23(16)3/h4-8H,9-10H2,1-3H3,(H,20,21,25). The number of hydrogen-bond acceptors (Lipinski definition) is 5. The van der Waals surface area contributed by atoms with Crippen molar-refractivity contribution < 1.29 is 0 Å². The van der Waals surface area contributed by atoms with Crippen LogP contribution in [0.5, 0.6) is 0 Å². The first-order valence-electron chi connectivity index (χ1n) is 8.05. The van der Waals surface area contributed by atoms with Gasteiger partial charge >= 0.3 is 0 Å². The number of aromatic nitrogens is 6. The van der Waals surface area contributed by atoms with Gasteiger partial charge in [-0.1, -0.05) is 6.07 Å². The summed E-state index contributed by atoms with van der Waals surface area (Å²) in [5, 5.41) is 4.60. The van der Waals surface area contributed by atoms with Crippen molar-refractivity contribution in [2.75, 3.05) is 7.05 Å². The van der Waals surface area contributed by atoms with Crippen molar-refractivity contribution in [2.45, 2.75) is 20.0 Å². The number of pyridine rings is 1. The average Bonchev–Trinajstić information content (AvgIpc) is 3.09. The molecule has 4 aromatic heterocycles. The number of imidazole rings is 1. The number of hydrogen-bond donors (Lipinski definition) is 1. The van der Waals surface area contributed by atoms with Crippen LogP contribution in [0.1, 0.15) is 17.2 Å². The van der Waals surface area contributed by atoms with E-state index in [1.807, 2.05) is 38.4 Å². The molecule has 0 spiro atoms. The number of fused-ring (bicyclic) bond motifs is 2. The van der Waals surface area contributed by atoms with Gasteiger partial charge in [0.25, 0.3) is 5.56 Å². The highest BCUT2D eigenvalue weighted by molar-refractivity contribution is 5.72. The minimum atomic E-state index is -0.160. The molecule has 0 fully saturated rings. The fraction of sp³-hybridized carbons (Fsp3) is 0.294. The predicted molar refractivity (Wildman–Crippen MR) is 94.2 cm³/mol. The van der Waals surface area contributed by atoms with Gasteiger partial charge in [-0.2, -0.15) is 5.10 Å². The molecule has 0 unspecified atom stereocenters. The van der Waals surface area contributed by atoms with Crippen molar-refractivity contribution >= 4 is 16.7 Å². The van der Waals surface area contributed by atoms with Crippen LogP contribution in [0.3, 0.4) is 0 Å². The Balaban J connectivity index is 1.62. The van der Waals surface area contributed by atoms with E-state index in [1.165, 1.54) is 6.20 Å². The topological polar surface area (TPSA) is 84.1 Å². The Hall–Kier alpha value is -3.00. The van der Waals surface area contributed by atoms with Crippen molar-refractivity contribution in [3.05, 3.63) is 58.2 Å². The van der Waals surface area contributed by atoms with Crippen molar-refractivity contribution in [1.82, 2.24) is 34.0 Å². The fourth-order valence-corrected chi connectivity index (χ4v) is 3.07. The molecule has 0 atom stereocenters. The molecule has 0 aliphatic rings. The van der Waals surface area contributed by atoms with Crippen LogP contribution in [0, 0.1) is 6.92 Å². The Morgan fingerprint density at radius 3 is 2.92 bits per heavy atom. The highest BCUT2D eigenvalue weighted by Gasteiger charge is 2.13. The first-order chi connectivity index (χ1) is 12.0. The van der Waals surface area contributed by atoms with Gasteiger partial charge in [-0.15, -0.1) is 0 Å². The van der Waals surface area contributed by atoms with Gasteiger partial charge < -0.3 is 9.38 Å². The summed E-state index contributed by atoms with van der Waals surface area (Å²) in [4.78, 5) is 26.2. The number of aryl methyl sites for hydroxylation is 2. The molecule has 128 valence electrons. The summed E-state index contributed by atoms with van der Waals surface area (Å²) in [6, 6.07) is 5.96. The summed E-state index contributed by atoms with van der Waals surface area (Å²) in [6.07, 6.45) is 3.55. The second-order valence-corrected chi connectivity index (χ2v) is 6.26. The molecule has 8 nitrogen and oxygen atoms in total. The van der Waals surface area contributed by atoms with E-state index in [-0.39, 0.29) is 5.56 Å². The molecule has 4 heterocycles. The Labute approximate surface area is 143 Å². The third-order valence-corrected chi connectivity index (χ3v) is 4.32. The molecule has 0 saturated heterocycles. The predicted octanol–water partition coefficient (Wildman–Crippen LogP) is 1.24. The van der Waals surface area contributed by atoms with Crippen molar-refractivity contribution in [3.8, 4) is 0 Å². The molecule has 0 amide bonds. The first kappa shape index (κ1) is 15.5. The second-order valence-electron chi connectivity index (χ2n) is 6.26. The summed E-state index contributed by atoms with van der Waals surface area (Å²) >= 11 is 0. The lowest BCUT2D eigenvalue weighted by atomic mass is 10.3. The Kier molecular flexibility index (Phi) is 3.61. The molecule has 0 aliphatic carbocycles. The molecule has 8 heteroatoms. The summed E-state index contributed by atoms with van der Waals surface area (Å²) in [7, 11) is 3.78. The maximum atomic E-state index is 12.2. The Bertz CT molecular complexity index is 1120. The largest absolute Gasteiger partial charge is 0.309 e. The Morgan fingerprint density at radius 2 is 2.08 bits per heavy atom. The van der Waals surface area contributed by atoms with Crippen LogP contribution in [-0.4, -0.2) is 41.1 Å². The summed E-state index contributed by atoms with van der Waals surface area (Å²) < 4.78 is 3.70. The van der Waals surface area contributed by atoms with Crippen molar-refractivity contribution in [3.63, 3.8) is 0 Å². The minimum absolute atomic E-state index is 0.160.